The first kappa shape index (κ1) is 21.7. The van der Waals surface area contributed by atoms with Gasteiger partial charge >= 0.3 is 0 Å². The number of hydrogen-bond acceptors (Lipinski definition) is 5. The normalized spacial score (nSPS) is 14.9. The van der Waals surface area contributed by atoms with Gasteiger partial charge in [-0.15, -0.1) is 0 Å². The first-order valence-electron chi connectivity index (χ1n) is 10.7. The summed E-state index contributed by atoms with van der Waals surface area (Å²) >= 11 is 0. The molecule has 1 aliphatic heterocycles. The van der Waals surface area contributed by atoms with Crippen LogP contribution in [0.5, 0.6) is 0 Å². The zero-order valence-corrected chi connectivity index (χ0v) is 18.3. The second-order valence-corrected chi connectivity index (χ2v) is 8.19. The summed E-state index contributed by atoms with van der Waals surface area (Å²) in [5.41, 5.74) is 3.08. The quantitative estimate of drug-likeness (QED) is 0.643. The molecule has 4 rings (SSSR count). The molecule has 2 aromatic heterocycles. The number of piperidine rings is 1. The molecule has 0 atom stereocenters. The van der Waals surface area contributed by atoms with Crippen molar-refractivity contribution in [3.8, 4) is 6.07 Å². The minimum atomic E-state index is -0.298. The van der Waals surface area contributed by atoms with Crippen LogP contribution in [0.15, 0.2) is 36.9 Å². The van der Waals surface area contributed by atoms with Crippen molar-refractivity contribution < 1.29 is 9.18 Å². The number of halogens is 1. The molecule has 1 aliphatic rings. The summed E-state index contributed by atoms with van der Waals surface area (Å²) in [5, 5.41) is 16.9. The maximum Gasteiger partial charge on any atom is 0.239 e. The highest BCUT2D eigenvalue weighted by atomic mass is 19.1. The van der Waals surface area contributed by atoms with E-state index >= 15 is 0 Å². The van der Waals surface area contributed by atoms with Crippen LogP contribution < -0.4 is 5.32 Å². The standard InChI is InChI=1S/C23H26FN7O/c1-16-17(2)30(12-18-3-5-19(24)6-4-18)23(21(16)11-25)28-22(32)13-29-9-7-20(8-10-29)31-15-26-14-27-31/h3-6,14-15,20H,7-10,12-13H2,1-2H3,(H,28,32). The molecule has 1 N–H and O–H groups in total. The van der Waals surface area contributed by atoms with E-state index in [0.717, 1.165) is 42.8 Å². The van der Waals surface area contributed by atoms with Crippen LogP contribution in [-0.2, 0) is 11.3 Å². The average molecular weight is 436 g/mol. The Morgan fingerprint density at radius 2 is 1.97 bits per heavy atom. The smallest absolute Gasteiger partial charge is 0.239 e. The Bertz CT molecular complexity index is 1120. The Labute approximate surface area is 186 Å². The number of nitrogens with zero attached hydrogens (tertiary/aromatic N) is 6. The van der Waals surface area contributed by atoms with Gasteiger partial charge in [0.05, 0.1) is 18.2 Å². The first-order valence-corrected chi connectivity index (χ1v) is 10.7. The van der Waals surface area contributed by atoms with Gasteiger partial charge in [0, 0.05) is 25.3 Å². The molecule has 1 amide bonds. The molecule has 9 heteroatoms. The monoisotopic (exact) mass is 435 g/mol. The fraction of sp³-hybridized carbons (Fsp3) is 0.391. The Hall–Kier alpha value is -3.51. The van der Waals surface area contributed by atoms with Gasteiger partial charge in [-0.05, 0) is 49.9 Å². The zero-order valence-electron chi connectivity index (χ0n) is 18.3. The zero-order chi connectivity index (χ0) is 22.7. The van der Waals surface area contributed by atoms with Crippen LogP contribution in [0.1, 0.15) is 41.3 Å². The molecule has 1 fully saturated rings. The van der Waals surface area contributed by atoms with E-state index in [9.17, 15) is 14.4 Å². The van der Waals surface area contributed by atoms with Crippen LogP contribution in [0.4, 0.5) is 10.2 Å². The molecule has 166 valence electrons. The molecule has 0 unspecified atom stereocenters. The largest absolute Gasteiger partial charge is 0.326 e. The van der Waals surface area contributed by atoms with Crippen LogP contribution in [-0.4, -0.2) is 49.8 Å². The molecule has 0 aliphatic carbocycles. The van der Waals surface area contributed by atoms with Gasteiger partial charge in [0.15, 0.2) is 0 Å². The minimum Gasteiger partial charge on any atom is -0.326 e. The highest BCUT2D eigenvalue weighted by Gasteiger charge is 2.24. The Kier molecular flexibility index (Phi) is 6.32. The highest BCUT2D eigenvalue weighted by molar-refractivity contribution is 5.93. The topological polar surface area (TPSA) is 91.8 Å². The van der Waals surface area contributed by atoms with Gasteiger partial charge < -0.3 is 9.88 Å². The molecule has 0 saturated carbocycles. The minimum absolute atomic E-state index is 0.154. The average Bonchev–Trinajstić information content (AvgIpc) is 3.40. The van der Waals surface area contributed by atoms with Gasteiger partial charge in [-0.1, -0.05) is 12.1 Å². The van der Waals surface area contributed by atoms with E-state index in [-0.39, 0.29) is 18.3 Å². The molecule has 0 radical (unpaired) electrons. The summed E-state index contributed by atoms with van der Waals surface area (Å²) in [6.07, 6.45) is 5.08. The van der Waals surface area contributed by atoms with E-state index in [1.165, 1.54) is 18.5 Å². The maximum atomic E-state index is 13.3. The number of rotatable bonds is 6. The summed E-state index contributed by atoms with van der Waals surface area (Å²) in [4.78, 5) is 19.0. The van der Waals surface area contributed by atoms with Gasteiger partial charge in [-0.3, -0.25) is 9.69 Å². The second kappa shape index (κ2) is 9.32. The number of nitriles is 1. The second-order valence-electron chi connectivity index (χ2n) is 8.19. The Morgan fingerprint density at radius 3 is 2.59 bits per heavy atom. The fourth-order valence-corrected chi connectivity index (χ4v) is 4.22. The number of hydrogen-bond donors (Lipinski definition) is 1. The number of anilines is 1. The van der Waals surface area contributed by atoms with Crippen molar-refractivity contribution in [3.05, 3.63) is 65.1 Å². The molecule has 1 saturated heterocycles. The molecule has 3 aromatic rings. The fourth-order valence-electron chi connectivity index (χ4n) is 4.22. The van der Waals surface area contributed by atoms with Crippen LogP contribution in [0, 0.1) is 31.0 Å². The summed E-state index contributed by atoms with van der Waals surface area (Å²) in [7, 11) is 0. The van der Waals surface area contributed by atoms with E-state index < -0.39 is 0 Å². The van der Waals surface area contributed by atoms with Gasteiger partial charge in [-0.25, -0.2) is 14.1 Å². The summed E-state index contributed by atoms with van der Waals surface area (Å²) < 4.78 is 17.1. The van der Waals surface area contributed by atoms with E-state index in [2.05, 4.69) is 26.4 Å². The first-order chi connectivity index (χ1) is 15.5. The number of nitrogens with one attached hydrogen (secondary N) is 1. The lowest BCUT2D eigenvalue weighted by atomic mass is 10.1. The number of likely N-dealkylation sites (tertiary alicyclic amines) is 1. The van der Waals surface area contributed by atoms with Crippen molar-refractivity contribution >= 4 is 11.7 Å². The van der Waals surface area contributed by atoms with Crippen molar-refractivity contribution in [1.29, 1.82) is 5.26 Å². The summed E-state index contributed by atoms with van der Waals surface area (Å²) in [6.45, 7) is 6.07. The van der Waals surface area contributed by atoms with Crippen molar-refractivity contribution in [2.75, 3.05) is 25.0 Å². The molecule has 0 spiro atoms. The maximum absolute atomic E-state index is 13.3. The lowest BCUT2D eigenvalue weighted by molar-refractivity contribution is -0.117. The highest BCUT2D eigenvalue weighted by Crippen LogP contribution is 2.28. The van der Waals surface area contributed by atoms with E-state index in [1.54, 1.807) is 18.5 Å². The van der Waals surface area contributed by atoms with Gasteiger partial charge in [0.25, 0.3) is 0 Å². The number of benzene rings is 1. The SMILES string of the molecule is Cc1c(C#N)c(NC(=O)CN2CCC(n3cncn3)CC2)n(Cc2ccc(F)cc2)c1C. The molecular formula is C23H26FN7O. The summed E-state index contributed by atoms with van der Waals surface area (Å²) in [6, 6.07) is 8.77. The number of aromatic nitrogens is 4. The molecule has 0 bridgehead atoms. The van der Waals surface area contributed by atoms with Crippen LogP contribution in [0.3, 0.4) is 0 Å². The lowest BCUT2D eigenvalue weighted by Crippen LogP contribution is -2.40. The van der Waals surface area contributed by atoms with E-state index in [0.29, 0.717) is 24.0 Å². The van der Waals surface area contributed by atoms with Crippen LogP contribution in [0.25, 0.3) is 0 Å². The van der Waals surface area contributed by atoms with Crippen LogP contribution >= 0.6 is 0 Å². The molecule has 1 aromatic carbocycles. The van der Waals surface area contributed by atoms with E-state index in [4.69, 9.17) is 0 Å². The van der Waals surface area contributed by atoms with Crippen molar-refractivity contribution in [3.63, 3.8) is 0 Å². The Morgan fingerprint density at radius 1 is 1.25 bits per heavy atom. The third-order valence-corrected chi connectivity index (χ3v) is 6.19. The van der Waals surface area contributed by atoms with Crippen LogP contribution in [0.2, 0.25) is 0 Å². The third kappa shape index (κ3) is 4.55. The van der Waals surface area contributed by atoms with Crippen molar-refractivity contribution in [1.82, 2.24) is 24.2 Å². The van der Waals surface area contributed by atoms with Crippen molar-refractivity contribution in [2.24, 2.45) is 0 Å². The Balaban J connectivity index is 1.45. The predicted octanol–water partition coefficient (Wildman–Crippen LogP) is 3.03. The van der Waals surface area contributed by atoms with Gasteiger partial charge in [0.2, 0.25) is 5.91 Å². The van der Waals surface area contributed by atoms with Crippen molar-refractivity contribution in [2.45, 2.75) is 39.3 Å². The third-order valence-electron chi connectivity index (χ3n) is 6.19. The number of carbonyl (C=O) groups is 1. The molecular weight excluding hydrogens is 409 g/mol. The molecule has 8 nitrogen and oxygen atoms in total. The molecule has 32 heavy (non-hydrogen) atoms. The number of carbonyl (C=O) groups excluding carboxylic acids is 1. The van der Waals surface area contributed by atoms with Gasteiger partial charge in [-0.2, -0.15) is 10.4 Å². The number of amides is 1. The van der Waals surface area contributed by atoms with Gasteiger partial charge in [0.1, 0.15) is 30.4 Å². The molecule has 3 heterocycles. The van der Waals surface area contributed by atoms with E-state index in [1.807, 2.05) is 23.1 Å². The lowest BCUT2D eigenvalue weighted by Gasteiger charge is -2.31. The summed E-state index contributed by atoms with van der Waals surface area (Å²) in [5.74, 6) is 0.0425. The predicted molar refractivity (Wildman–Crippen MR) is 117 cm³/mol.